The van der Waals surface area contributed by atoms with Gasteiger partial charge in [0.1, 0.15) is 0 Å². The summed E-state index contributed by atoms with van der Waals surface area (Å²) in [6, 6.07) is 5.88. The number of thiocarbonyl (C=S) groups is 1. The smallest absolute Gasteiger partial charge is 0.243 e. The molecule has 0 spiro atoms. The number of rotatable bonds is 5. The fourth-order valence-electron chi connectivity index (χ4n) is 1.46. The molecule has 0 amide bonds. The van der Waals surface area contributed by atoms with E-state index in [-0.39, 0.29) is 22.5 Å². The first-order chi connectivity index (χ1) is 8.25. The standard InChI is InChI=1S/C11H15ClN2O2S2/c1-8(2)14(7-11(13)17)18(15,16)10-5-3-4-9(12)6-10/h3-6,8H,7H2,1-2H3,(H2,13,17). The molecule has 0 aliphatic carbocycles. The third-order valence-electron chi connectivity index (χ3n) is 2.29. The summed E-state index contributed by atoms with van der Waals surface area (Å²) in [5, 5.41) is 0.370. The van der Waals surface area contributed by atoms with Gasteiger partial charge in [-0.2, -0.15) is 4.31 Å². The zero-order chi connectivity index (χ0) is 13.9. The van der Waals surface area contributed by atoms with Crippen LogP contribution in [0.1, 0.15) is 13.8 Å². The first-order valence-electron chi connectivity index (χ1n) is 5.31. The van der Waals surface area contributed by atoms with Crippen molar-refractivity contribution in [2.45, 2.75) is 24.8 Å². The van der Waals surface area contributed by atoms with Crippen molar-refractivity contribution >= 4 is 38.8 Å². The second kappa shape index (κ2) is 5.97. The molecule has 4 nitrogen and oxygen atoms in total. The number of nitrogens with two attached hydrogens (primary N) is 1. The Labute approximate surface area is 118 Å². The summed E-state index contributed by atoms with van der Waals surface area (Å²) in [5.41, 5.74) is 5.44. The molecular formula is C11H15ClN2O2S2. The van der Waals surface area contributed by atoms with E-state index in [9.17, 15) is 8.42 Å². The highest BCUT2D eigenvalue weighted by Gasteiger charge is 2.27. The van der Waals surface area contributed by atoms with Gasteiger partial charge in [0.25, 0.3) is 0 Å². The number of nitrogens with zero attached hydrogens (tertiary/aromatic N) is 1. The van der Waals surface area contributed by atoms with Crippen LogP contribution >= 0.6 is 23.8 Å². The first-order valence-corrected chi connectivity index (χ1v) is 7.53. The number of halogens is 1. The zero-order valence-electron chi connectivity index (χ0n) is 10.1. The second-order valence-electron chi connectivity index (χ2n) is 4.07. The van der Waals surface area contributed by atoms with Crippen LogP contribution in [-0.4, -0.2) is 30.3 Å². The lowest BCUT2D eigenvalue weighted by Crippen LogP contribution is -2.42. The van der Waals surface area contributed by atoms with Crippen LogP contribution in [0.4, 0.5) is 0 Å². The van der Waals surface area contributed by atoms with Gasteiger partial charge in [-0.25, -0.2) is 8.42 Å². The third kappa shape index (κ3) is 3.65. The van der Waals surface area contributed by atoms with Gasteiger partial charge in [-0.1, -0.05) is 29.9 Å². The highest BCUT2D eigenvalue weighted by Crippen LogP contribution is 2.21. The van der Waals surface area contributed by atoms with E-state index in [4.69, 9.17) is 29.6 Å². The summed E-state index contributed by atoms with van der Waals surface area (Å²) in [5.74, 6) is 0. The molecular weight excluding hydrogens is 292 g/mol. The van der Waals surface area contributed by atoms with Crippen molar-refractivity contribution in [3.8, 4) is 0 Å². The Kier molecular flexibility index (Phi) is 5.10. The van der Waals surface area contributed by atoms with Gasteiger partial charge in [0.2, 0.25) is 10.0 Å². The molecule has 0 aromatic heterocycles. The first kappa shape index (κ1) is 15.4. The van der Waals surface area contributed by atoms with Crippen molar-refractivity contribution in [1.82, 2.24) is 4.31 Å². The van der Waals surface area contributed by atoms with Crippen molar-refractivity contribution in [1.29, 1.82) is 0 Å². The SMILES string of the molecule is CC(C)N(CC(N)=S)S(=O)(=O)c1cccc(Cl)c1. The number of benzene rings is 1. The maximum atomic E-state index is 12.4. The normalized spacial score (nSPS) is 12.1. The Morgan fingerprint density at radius 3 is 2.56 bits per heavy atom. The average molecular weight is 307 g/mol. The van der Waals surface area contributed by atoms with Gasteiger partial charge in [-0.3, -0.25) is 0 Å². The molecule has 1 rings (SSSR count). The highest BCUT2D eigenvalue weighted by atomic mass is 35.5. The van der Waals surface area contributed by atoms with Crippen LogP contribution in [-0.2, 0) is 10.0 Å². The number of hydrogen-bond donors (Lipinski definition) is 1. The Morgan fingerprint density at radius 1 is 1.50 bits per heavy atom. The van der Waals surface area contributed by atoms with Gasteiger partial charge < -0.3 is 5.73 Å². The molecule has 2 N–H and O–H groups in total. The molecule has 0 radical (unpaired) electrons. The lowest BCUT2D eigenvalue weighted by molar-refractivity contribution is 0.391. The van der Waals surface area contributed by atoms with E-state index >= 15 is 0 Å². The molecule has 0 aliphatic rings. The van der Waals surface area contributed by atoms with Crippen molar-refractivity contribution in [2.24, 2.45) is 5.73 Å². The predicted molar refractivity (Wildman–Crippen MR) is 77.3 cm³/mol. The van der Waals surface area contributed by atoms with Gasteiger partial charge >= 0.3 is 0 Å². The maximum Gasteiger partial charge on any atom is 0.243 e. The van der Waals surface area contributed by atoms with E-state index < -0.39 is 10.0 Å². The molecule has 0 saturated carbocycles. The van der Waals surface area contributed by atoms with E-state index in [1.54, 1.807) is 26.0 Å². The molecule has 0 bridgehead atoms. The second-order valence-corrected chi connectivity index (χ2v) is 6.92. The quantitative estimate of drug-likeness (QED) is 0.845. The van der Waals surface area contributed by atoms with Crippen molar-refractivity contribution in [3.05, 3.63) is 29.3 Å². The van der Waals surface area contributed by atoms with E-state index in [0.717, 1.165) is 0 Å². The topological polar surface area (TPSA) is 63.4 Å². The summed E-state index contributed by atoms with van der Waals surface area (Å²) >= 11 is 10.6. The lowest BCUT2D eigenvalue weighted by atomic mass is 10.4. The molecule has 0 heterocycles. The van der Waals surface area contributed by atoms with Gasteiger partial charge in [-0.05, 0) is 32.0 Å². The predicted octanol–water partition coefficient (Wildman–Crippen LogP) is 2.03. The maximum absolute atomic E-state index is 12.4. The van der Waals surface area contributed by atoms with Crippen LogP contribution in [0.25, 0.3) is 0 Å². The van der Waals surface area contributed by atoms with Crippen molar-refractivity contribution in [2.75, 3.05) is 6.54 Å². The van der Waals surface area contributed by atoms with Crippen molar-refractivity contribution in [3.63, 3.8) is 0 Å². The molecule has 7 heteroatoms. The summed E-state index contributed by atoms with van der Waals surface area (Å²) in [7, 11) is -3.64. The fraction of sp³-hybridized carbons (Fsp3) is 0.364. The van der Waals surface area contributed by atoms with Gasteiger partial charge in [-0.15, -0.1) is 0 Å². The molecule has 0 saturated heterocycles. The van der Waals surface area contributed by atoms with Crippen LogP contribution in [0.2, 0.25) is 5.02 Å². The molecule has 0 atom stereocenters. The minimum atomic E-state index is -3.64. The minimum Gasteiger partial charge on any atom is -0.392 e. The summed E-state index contributed by atoms with van der Waals surface area (Å²) in [6.45, 7) is 3.54. The van der Waals surface area contributed by atoms with Crippen molar-refractivity contribution < 1.29 is 8.42 Å². The van der Waals surface area contributed by atoms with E-state index in [0.29, 0.717) is 5.02 Å². The number of hydrogen-bond acceptors (Lipinski definition) is 3. The van der Waals surface area contributed by atoms with Gasteiger partial charge in [0, 0.05) is 11.1 Å². The molecule has 100 valence electrons. The average Bonchev–Trinajstić information content (AvgIpc) is 2.25. The molecule has 1 aromatic carbocycles. The van der Waals surface area contributed by atoms with Crippen LogP contribution in [0.15, 0.2) is 29.2 Å². The Balaban J connectivity index is 3.21. The minimum absolute atomic E-state index is 0.0157. The summed E-state index contributed by atoms with van der Waals surface area (Å²) in [6.07, 6.45) is 0. The molecule has 0 aliphatic heterocycles. The number of sulfonamides is 1. The van der Waals surface area contributed by atoms with Crippen LogP contribution in [0.3, 0.4) is 0 Å². The van der Waals surface area contributed by atoms with Gasteiger partial charge in [0.15, 0.2) is 0 Å². The molecule has 1 aromatic rings. The summed E-state index contributed by atoms with van der Waals surface area (Å²) < 4.78 is 26.1. The Morgan fingerprint density at radius 2 is 2.11 bits per heavy atom. The van der Waals surface area contributed by atoms with Gasteiger partial charge in [0.05, 0.1) is 16.4 Å². The van der Waals surface area contributed by atoms with E-state index in [2.05, 4.69) is 0 Å². The zero-order valence-corrected chi connectivity index (χ0v) is 12.5. The monoisotopic (exact) mass is 306 g/mol. The lowest BCUT2D eigenvalue weighted by Gasteiger charge is -2.25. The van der Waals surface area contributed by atoms with E-state index in [1.165, 1.54) is 16.4 Å². The molecule has 0 unspecified atom stereocenters. The Bertz CT molecular complexity index is 544. The Hall–Kier alpha value is -0.690. The van der Waals surface area contributed by atoms with E-state index in [1.807, 2.05) is 0 Å². The third-order valence-corrected chi connectivity index (χ3v) is 4.67. The largest absolute Gasteiger partial charge is 0.392 e. The summed E-state index contributed by atoms with van der Waals surface area (Å²) in [4.78, 5) is 0.272. The molecule has 18 heavy (non-hydrogen) atoms. The fourth-order valence-corrected chi connectivity index (χ4v) is 3.60. The highest BCUT2D eigenvalue weighted by molar-refractivity contribution is 7.89. The van der Waals surface area contributed by atoms with Crippen LogP contribution in [0, 0.1) is 0 Å². The van der Waals surface area contributed by atoms with Crippen LogP contribution < -0.4 is 5.73 Å². The van der Waals surface area contributed by atoms with Crippen LogP contribution in [0.5, 0.6) is 0 Å². The molecule has 0 fully saturated rings.